The summed E-state index contributed by atoms with van der Waals surface area (Å²) >= 11 is 39.7. The average molecular weight is 2220 g/mol. The molecule has 9 aromatic heterocycles. The molecule has 790 valence electrons. The van der Waals surface area contributed by atoms with Gasteiger partial charge in [0.05, 0.1) is 94.1 Å². The van der Waals surface area contributed by atoms with Crippen molar-refractivity contribution in [1.82, 2.24) is 72.4 Å². The Morgan fingerprint density at radius 1 is 0.376 bits per heavy atom. The lowest BCUT2D eigenvalue weighted by Gasteiger charge is -2.18. The van der Waals surface area contributed by atoms with Gasteiger partial charge in [-0.25, -0.2) is 14.4 Å². The SMILES string of the molecule is COC(=O)CCn1c(C(=O)OC)c(C)c2c(-c3c(CSCc4cc(CCl)n(C)n4)nn(C)c3C)c(Cl)ccc21.COC(=O)CCn1c(C(=O)OC)c(C)c2c(-c3c(CSCc4cc(CSc5cc(O)c6c(c5)CCCC6)n(C)n4)nn(C)c3C)c(Cl)ccc21.COC(=O)c1c(C)c2c(-c3c(CSCc4cc(CSc5cc(O)c6c(c5)CCCC6)n(C)n4)nn(C)c3C)c(Cl)ccc2n1CCCO.Oc1cc(S)cc2c1CCCC2. The van der Waals surface area contributed by atoms with Crippen molar-refractivity contribution in [3.63, 3.8) is 0 Å². The number of benzene rings is 6. The predicted octanol–water partition coefficient (Wildman–Crippen LogP) is 23.4. The van der Waals surface area contributed by atoms with Gasteiger partial charge in [0.25, 0.3) is 0 Å². The minimum Gasteiger partial charge on any atom is -0.508 e. The number of carbonyl (C=O) groups excluding carboxylic acids is 5. The molecule has 29 nitrogen and oxygen atoms in total. The molecule has 0 amide bonds. The number of aromatic nitrogens is 15. The van der Waals surface area contributed by atoms with Crippen LogP contribution < -0.4 is 0 Å². The first-order valence-corrected chi connectivity index (χ1v) is 56.9. The number of ether oxygens (including phenoxy) is 5. The summed E-state index contributed by atoms with van der Waals surface area (Å²) in [6.07, 6.45) is 13.9. The number of aryl methyl sites for hydroxylation is 15. The van der Waals surface area contributed by atoms with Crippen LogP contribution in [0, 0.1) is 41.5 Å². The number of thioether (sulfide) groups is 5. The predicted molar refractivity (Wildman–Crippen MR) is 600 cm³/mol. The van der Waals surface area contributed by atoms with E-state index in [9.17, 15) is 44.4 Å². The molecular weight excluding hydrogens is 2090 g/mol. The molecule has 9 heterocycles. The van der Waals surface area contributed by atoms with E-state index in [1.165, 1.54) is 77.9 Å². The highest BCUT2D eigenvalue weighted by atomic mass is 35.5. The molecule has 0 spiro atoms. The summed E-state index contributed by atoms with van der Waals surface area (Å²) in [4.78, 5) is 66.0. The van der Waals surface area contributed by atoms with Gasteiger partial charge in [0.1, 0.15) is 34.3 Å². The molecule has 149 heavy (non-hydrogen) atoms. The molecule has 0 atom stereocenters. The number of phenols is 3. The number of rotatable bonds is 34. The van der Waals surface area contributed by atoms with E-state index >= 15 is 0 Å². The minimum absolute atomic E-state index is 0.0125. The van der Waals surface area contributed by atoms with Gasteiger partial charge in [-0.1, -0.05) is 34.8 Å². The van der Waals surface area contributed by atoms with Crippen LogP contribution in [0.5, 0.6) is 17.2 Å². The van der Waals surface area contributed by atoms with E-state index in [-0.39, 0.29) is 44.5 Å². The number of hydrogen-bond donors (Lipinski definition) is 5. The summed E-state index contributed by atoms with van der Waals surface area (Å²) in [7, 11) is 18.4. The van der Waals surface area contributed by atoms with E-state index < -0.39 is 17.9 Å². The van der Waals surface area contributed by atoms with Crippen LogP contribution in [0.15, 0.2) is 106 Å². The molecule has 6 aromatic carbocycles. The van der Waals surface area contributed by atoms with Crippen molar-refractivity contribution in [2.75, 3.05) is 42.2 Å². The zero-order valence-electron chi connectivity index (χ0n) is 87.0. The van der Waals surface area contributed by atoms with Crippen molar-refractivity contribution in [3.8, 4) is 50.6 Å². The second kappa shape index (κ2) is 50.2. The van der Waals surface area contributed by atoms with Gasteiger partial charge in [-0.15, -0.1) is 83.0 Å². The molecule has 15 aromatic rings. The second-order valence-corrected chi connectivity index (χ2v) is 44.5. The molecule has 39 heteroatoms. The fourth-order valence-electron chi connectivity index (χ4n) is 20.5. The van der Waals surface area contributed by atoms with E-state index in [0.29, 0.717) is 103 Å². The number of aromatic hydroxyl groups is 3. The number of phenolic OH excluding ortho intramolecular Hbond substituents is 3. The molecule has 0 saturated heterocycles. The molecule has 0 bridgehead atoms. The lowest BCUT2D eigenvalue weighted by Crippen LogP contribution is -2.14. The first kappa shape index (κ1) is 112. The highest BCUT2D eigenvalue weighted by molar-refractivity contribution is 7.99. The molecule has 4 N–H and O–H groups in total. The summed E-state index contributed by atoms with van der Waals surface area (Å²) < 4.78 is 42.0. The summed E-state index contributed by atoms with van der Waals surface area (Å²) in [5.41, 5.74) is 30.0. The minimum atomic E-state index is -0.488. The molecule has 3 aliphatic carbocycles. The van der Waals surface area contributed by atoms with Crippen LogP contribution in [0.25, 0.3) is 66.1 Å². The molecule has 0 saturated carbocycles. The highest BCUT2D eigenvalue weighted by Gasteiger charge is 2.34. The quantitative estimate of drug-likeness (QED) is 0.00822. The van der Waals surface area contributed by atoms with E-state index in [0.717, 1.165) is 245 Å². The Morgan fingerprint density at radius 3 is 1.01 bits per heavy atom. The van der Waals surface area contributed by atoms with Gasteiger partial charge in [-0.3, -0.25) is 37.7 Å². The van der Waals surface area contributed by atoms with Crippen LogP contribution in [0.1, 0.15) is 208 Å². The summed E-state index contributed by atoms with van der Waals surface area (Å²) in [5, 5.41) is 73.3. The topological polar surface area (TPSA) is 334 Å². The molecule has 18 rings (SSSR count). The number of hydrogen-bond acceptors (Lipinski definition) is 26. The number of methoxy groups -OCH3 is 5. The number of esters is 5. The van der Waals surface area contributed by atoms with E-state index in [1.54, 1.807) is 69.6 Å². The molecular formula is C110H127Cl4N15O14S6. The maximum atomic E-state index is 13.1. The fraction of sp³-hybridized carbons (Fsp3) is 0.409. The van der Waals surface area contributed by atoms with Crippen LogP contribution in [-0.2, 0) is 186 Å². The van der Waals surface area contributed by atoms with Gasteiger partial charge >= 0.3 is 29.8 Å². The summed E-state index contributed by atoms with van der Waals surface area (Å²) in [5.74, 6) is 5.08. The van der Waals surface area contributed by atoms with Crippen LogP contribution in [0.3, 0.4) is 0 Å². The number of thiol groups is 1. The normalized spacial score (nSPS) is 12.7. The van der Waals surface area contributed by atoms with Gasteiger partial charge in [-0.2, -0.15) is 30.6 Å². The third-order valence-corrected chi connectivity index (χ3v) is 34.6. The van der Waals surface area contributed by atoms with E-state index in [2.05, 4.69) is 48.1 Å². The number of alkyl halides is 1. The summed E-state index contributed by atoms with van der Waals surface area (Å²) in [6.45, 7) is 12.7. The van der Waals surface area contributed by atoms with Crippen molar-refractivity contribution >= 4 is 180 Å². The van der Waals surface area contributed by atoms with Gasteiger partial charge in [-0.05, 0) is 266 Å². The smallest absolute Gasteiger partial charge is 0.354 e. The van der Waals surface area contributed by atoms with Crippen molar-refractivity contribution in [1.29, 1.82) is 0 Å². The summed E-state index contributed by atoms with van der Waals surface area (Å²) in [6, 6.07) is 29.6. The van der Waals surface area contributed by atoms with Crippen molar-refractivity contribution in [2.45, 2.75) is 224 Å². The van der Waals surface area contributed by atoms with Crippen LogP contribution >= 0.6 is 118 Å². The van der Waals surface area contributed by atoms with Crippen molar-refractivity contribution < 1.29 is 68.1 Å². The maximum absolute atomic E-state index is 13.1. The second-order valence-electron chi connectivity index (χ2n) is 37.4. The lowest BCUT2D eigenvalue weighted by atomic mass is 9.91. The monoisotopic (exact) mass is 2210 g/mol. The zero-order chi connectivity index (χ0) is 107. The van der Waals surface area contributed by atoms with Crippen LogP contribution in [0.4, 0.5) is 0 Å². The lowest BCUT2D eigenvalue weighted by molar-refractivity contribution is -0.141. The third kappa shape index (κ3) is 24.6. The third-order valence-electron chi connectivity index (χ3n) is 28.2. The number of aliphatic hydroxyl groups is 1. The Balaban J connectivity index is 0.000000159. The van der Waals surface area contributed by atoms with E-state index in [4.69, 9.17) is 95.6 Å². The van der Waals surface area contributed by atoms with Gasteiger partial charge in [0.15, 0.2) is 0 Å². The maximum Gasteiger partial charge on any atom is 0.354 e. The Hall–Kier alpha value is -10.8. The molecule has 0 radical (unpaired) electrons. The molecule has 3 aliphatic rings. The van der Waals surface area contributed by atoms with E-state index in [1.807, 2.05) is 176 Å². The Labute approximate surface area is 914 Å². The molecule has 0 fully saturated rings. The largest absolute Gasteiger partial charge is 0.508 e. The number of aliphatic hydroxyl groups excluding tert-OH is 1. The molecule has 0 unspecified atom stereocenters. The van der Waals surface area contributed by atoms with Crippen molar-refractivity contribution in [2.24, 2.45) is 42.3 Å². The molecule has 0 aliphatic heterocycles. The number of fused-ring (bicyclic) bond motifs is 6. The Bertz CT molecular complexity index is 7570. The van der Waals surface area contributed by atoms with Crippen LogP contribution in [-0.4, -0.2) is 165 Å². The first-order valence-electron chi connectivity index (χ1n) is 49.4. The van der Waals surface area contributed by atoms with Gasteiger partial charge in [0, 0.05) is 239 Å². The highest BCUT2D eigenvalue weighted by Crippen LogP contribution is 2.49. The number of carbonyl (C=O) groups is 5. The first-order chi connectivity index (χ1) is 71.5. The average Bonchev–Trinajstić information content (AvgIpc) is 1.58. The van der Waals surface area contributed by atoms with Gasteiger partial charge in [0.2, 0.25) is 0 Å². The number of halogens is 4. The Morgan fingerprint density at radius 2 is 0.691 bits per heavy atom. The number of nitrogens with zero attached hydrogens (tertiary/aromatic N) is 15. The zero-order valence-corrected chi connectivity index (χ0v) is 95.0. The van der Waals surface area contributed by atoms with Crippen molar-refractivity contribution in [3.05, 3.63) is 242 Å². The fourth-order valence-corrected chi connectivity index (χ4v) is 26.4. The standard InChI is InChI=1S/C37H42ClN5O5S2.C36H42ClN5O4S2.C27H31Cl2N5O4S.C10H12OS/c1-21-33-30(43(14-13-32(45)47-5)36(21)37(46)48-6)12-11-28(38)35(33)34-22(2)41(3)40-29(34)20-49-18-24-16-25(42(4)39-24)19-50-26-15-23-9-7-8-10-27(23)31(44)17-26;1-21-32-30(42(13-8-14-43)35(21)36(45)46-5)12-11-28(37)34(32)33-22(2)40(3)39-29(33)20-47-18-24-16-25(41(4)38-24)19-48-26-15-23-9-6-7-10-27(23)31(44)17-26;1-15-23-21(34(10-9-22(35)37-5)26(15)27(36)38-6)8-7-19(29)25(23)24-16(2)32(3)31-20(24)14-39-13-17-11-18(12-28)33(4)30-17;11-10-6-8(12)5-7-3-1-2-4-9(7)10/h11-12,15-17,44H,7-10,13-14,18-20H2,1-6H3;11-12,15-17,43-44H,6-10,13-14,18-20H2,1-5H3;7-8,11H,9-10,12-14H2,1-6H3;5-6,11-12H,1-4H2. The van der Waals surface area contributed by atoms with Crippen LogP contribution in [0.2, 0.25) is 15.1 Å². The van der Waals surface area contributed by atoms with Gasteiger partial charge < -0.3 is 57.8 Å². The Kier molecular flexibility index (Phi) is 37.8.